The molecule has 0 saturated heterocycles. The summed E-state index contributed by atoms with van der Waals surface area (Å²) in [5.74, 6) is -3.31. The van der Waals surface area contributed by atoms with E-state index in [1.807, 2.05) is 0 Å². The number of nitrogens with one attached hydrogen (secondary N) is 1. The number of aliphatic carboxylic acids is 1. The second-order valence-electron chi connectivity index (χ2n) is 5.24. The Morgan fingerprint density at radius 1 is 1.26 bits per heavy atom. The number of ketones is 1. The van der Waals surface area contributed by atoms with E-state index in [2.05, 4.69) is 5.32 Å². The molecule has 23 heavy (non-hydrogen) atoms. The third kappa shape index (κ3) is 8.70. The Balaban J connectivity index is 4.52. The summed E-state index contributed by atoms with van der Waals surface area (Å²) in [6, 6.07) is -0.914. The van der Waals surface area contributed by atoms with Crippen LogP contribution in [0.5, 0.6) is 0 Å². The van der Waals surface area contributed by atoms with E-state index in [0.717, 1.165) is 0 Å². The predicted octanol–water partition coefficient (Wildman–Crippen LogP) is 0.472. The molecule has 0 radical (unpaired) electrons. The smallest absolute Gasteiger partial charge is 0.310 e. The lowest BCUT2D eigenvalue weighted by Crippen LogP contribution is -2.38. The van der Waals surface area contributed by atoms with Crippen LogP contribution in [-0.4, -0.2) is 47.2 Å². The summed E-state index contributed by atoms with van der Waals surface area (Å²) < 4.78 is 4.96. The fourth-order valence-corrected chi connectivity index (χ4v) is 1.69. The molecule has 8 heteroatoms. The number of hydrogen-bond acceptors (Lipinski definition) is 6. The molecule has 8 nitrogen and oxygen atoms in total. The maximum Gasteiger partial charge on any atom is 0.310 e. The molecule has 0 bridgehead atoms. The summed E-state index contributed by atoms with van der Waals surface area (Å²) in [6.45, 7) is 4.43. The summed E-state index contributed by atoms with van der Waals surface area (Å²) in [7, 11) is 0. The fourth-order valence-electron chi connectivity index (χ4n) is 1.69. The van der Waals surface area contributed by atoms with E-state index in [9.17, 15) is 24.0 Å². The highest BCUT2D eigenvalue weighted by molar-refractivity contribution is 5.87. The number of carboxylic acid groups (broad SMARTS) is 1. The van der Waals surface area contributed by atoms with Crippen molar-refractivity contribution in [3.63, 3.8) is 0 Å². The Bertz CT molecular complexity index is 461. The van der Waals surface area contributed by atoms with Crippen molar-refractivity contribution in [3.8, 4) is 0 Å². The first-order valence-electron chi connectivity index (χ1n) is 7.38. The van der Waals surface area contributed by atoms with E-state index >= 15 is 0 Å². The number of aldehydes is 1. The van der Waals surface area contributed by atoms with Gasteiger partial charge < -0.3 is 20.0 Å². The fraction of sp³-hybridized carbons (Fsp3) is 0.667. The molecule has 0 spiro atoms. The van der Waals surface area contributed by atoms with Crippen LogP contribution in [0.3, 0.4) is 0 Å². The van der Waals surface area contributed by atoms with Crippen LogP contribution in [0.2, 0.25) is 0 Å². The Labute approximate surface area is 134 Å². The lowest BCUT2D eigenvalue weighted by Gasteiger charge is -2.18. The standard InChI is InChI=1S/C15H23NO7/c1-4-11(15(22)23-10(3)9(2)18)7-13(19)16-12(8-17)5-6-14(20)21/h8,10-12H,4-7H2,1-3H3,(H,16,19)(H,20,21)/t10?,11-,12-/m0/s1. The molecule has 1 amide bonds. The Kier molecular flexibility index (Phi) is 9.45. The second-order valence-corrected chi connectivity index (χ2v) is 5.24. The lowest BCUT2D eigenvalue weighted by atomic mass is 10.0. The van der Waals surface area contributed by atoms with Crippen LogP contribution in [-0.2, 0) is 28.7 Å². The molecule has 3 atom stereocenters. The first kappa shape index (κ1) is 20.8. The number of esters is 1. The number of carbonyl (C=O) groups is 5. The molecule has 0 aliphatic heterocycles. The van der Waals surface area contributed by atoms with Gasteiger partial charge in [-0.2, -0.15) is 0 Å². The molecule has 0 aromatic carbocycles. The van der Waals surface area contributed by atoms with Crippen molar-refractivity contribution in [2.45, 2.75) is 58.6 Å². The zero-order chi connectivity index (χ0) is 18.0. The second kappa shape index (κ2) is 10.5. The minimum Gasteiger partial charge on any atom is -0.481 e. The largest absolute Gasteiger partial charge is 0.481 e. The quantitative estimate of drug-likeness (QED) is 0.416. The van der Waals surface area contributed by atoms with Crippen LogP contribution in [0.4, 0.5) is 0 Å². The molecular formula is C15H23NO7. The van der Waals surface area contributed by atoms with Crippen molar-refractivity contribution in [3.05, 3.63) is 0 Å². The van der Waals surface area contributed by atoms with Crippen LogP contribution >= 0.6 is 0 Å². The van der Waals surface area contributed by atoms with Gasteiger partial charge in [0.15, 0.2) is 11.9 Å². The summed E-state index contributed by atoms with van der Waals surface area (Å²) in [5.41, 5.74) is 0. The van der Waals surface area contributed by atoms with Crippen molar-refractivity contribution in [1.82, 2.24) is 5.32 Å². The maximum atomic E-state index is 11.9. The van der Waals surface area contributed by atoms with Gasteiger partial charge >= 0.3 is 11.9 Å². The van der Waals surface area contributed by atoms with E-state index in [-0.39, 0.29) is 25.0 Å². The zero-order valence-electron chi connectivity index (χ0n) is 13.5. The van der Waals surface area contributed by atoms with Gasteiger partial charge in [0.2, 0.25) is 5.91 Å². The van der Waals surface area contributed by atoms with E-state index in [4.69, 9.17) is 9.84 Å². The van der Waals surface area contributed by atoms with Gasteiger partial charge in [-0.1, -0.05) is 6.92 Å². The minimum absolute atomic E-state index is 0.0207. The summed E-state index contributed by atoms with van der Waals surface area (Å²) in [5, 5.41) is 10.9. The van der Waals surface area contributed by atoms with Crippen LogP contribution < -0.4 is 5.32 Å². The van der Waals surface area contributed by atoms with Gasteiger partial charge in [0, 0.05) is 12.8 Å². The highest BCUT2D eigenvalue weighted by Crippen LogP contribution is 2.12. The molecule has 0 saturated carbocycles. The van der Waals surface area contributed by atoms with Crippen LogP contribution in [0.15, 0.2) is 0 Å². The molecule has 0 fully saturated rings. The third-order valence-electron chi connectivity index (χ3n) is 3.30. The topological polar surface area (TPSA) is 127 Å². The highest BCUT2D eigenvalue weighted by atomic mass is 16.5. The molecule has 0 aliphatic carbocycles. The average Bonchev–Trinajstić information content (AvgIpc) is 2.48. The number of Topliss-reactive ketones (excluding diaryl/α,β-unsaturated/α-hetero) is 1. The van der Waals surface area contributed by atoms with Crippen molar-refractivity contribution < 1.29 is 33.8 Å². The Hall–Kier alpha value is -2.25. The minimum atomic E-state index is -1.07. The number of amides is 1. The summed E-state index contributed by atoms with van der Waals surface area (Å²) >= 11 is 0. The van der Waals surface area contributed by atoms with E-state index in [0.29, 0.717) is 12.7 Å². The van der Waals surface area contributed by atoms with Crippen LogP contribution in [0.1, 0.15) is 46.5 Å². The summed E-state index contributed by atoms with van der Waals surface area (Å²) in [6.07, 6.45) is -0.558. The number of rotatable bonds is 11. The van der Waals surface area contributed by atoms with Gasteiger partial charge in [-0.3, -0.25) is 19.2 Å². The molecule has 0 aromatic heterocycles. The van der Waals surface area contributed by atoms with Crippen molar-refractivity contribution in [1.29, 1.82) is 0 Å². The maximum absolute atomic E-state index is 11.9. The predicted molar refractivity (Wildman–Crippen MR) is 79.5 cm³/mol. The Morgan fingerprint density at radius 3 is 2.30 bits per heavy atom. The van der Waals surface area contributed by atoms with Gasteiger partial charge in [-0.25, -0.2) is 0 Å². The van der Waals surface area contributed by atoms with Gasteiger partial charge in [0.25, 0.3) is 0 Å². The van der Waals surface area contributed by atoms with Gasteiger partial charge in [-0.05, 0) is 26.7 Å². The van der Waals surface area contributed by atoms with Gasteiger partial charge in [0.05, 0.1) is 12.0 Å². The number of carboxylic acids is 1. The van der Waals surface area contributed by atoms with E-state index in [1.54, 1.807) is 6.92 Å². The van der Waals surface area contributed by atoms with Crippen LogP contribution in [0, 0.1) is 5.92 Å². The number of ether oxygens (including phenoxy) is 1. The molecule has 0 aromatic rings. The lowest BCUT2D eigenvalue weighted by molar-refractivity contribution is -0.158. The molecule has 130 valence electrons. The molecule has 0 rings (SSSR count). The van der Waals surface area contributed by atoms with E-state index < -0.39 is 35.9 Å². The normalized spacial score (nSPS) is 14.2. The average molecular weight is 329 g/mol. The first-order chi connectivity index (χ1) is 10.7. The molecule has 1 unspecified atom stereocenters. The number of hydrogen-bond donors (Lipinski definition) is 2. The molecule has 0 heterocycles. The number of carbonyl (C=O) groups excluding carboxylic acids is 4. The SMILES string of the molecule is CC[C@@H](CC(=O)N[C@H](C=O)CCC(=O)O)C(=O)OC(C)C(C)=O. The zero-order valence-corrected chi connectivity index (χ0v) is 13.5. The van der Waals surface area contributed by atoms with Gasteiger partial charge in [0.1, 0.15) is 6.29 Å². The Morgan fingerprint density at radius 2 is 1.87 bits per heavy atom. The third-order valence-corrected chi connectivity index (χ3v) is 3.30. The summed E-state index contributed by atoms with van der Waals surface area (Å²) in [4.78, 5) is 56.1. The molecule has 0 aliphatic rings. The van der Waals surface area contributed by atoms with Gasteiger partial charge in [-0.15, -0.1) is 0 Å². The monoisotopic (exact) mass is 329 g/mol. The van der Waals surface area contributed by atoms with Crippen LogP contribution in [0.25, 0.3) is 0 Å². The molecular weight excluding hydrogens is 306 g/mol. The van der Waals surface area contributed by atoms with Crippen molar-refractivity contribution >= 4 is 29.9 Å². The first-order valence-corrected chi connectivity index (χ1v) is 7.38. The van der Waals surface area contributed by atoms with Crippen molar-refractivity contribution in [2.24, 2.45) is 5.92 Å². The van der Waals surface area contributed by atoms with E-state index in [1.165, 1.54) is 13.8 Å². The highest BCUT2D eigenvalue weighted by Gasteiger charge is 2.25. The molecule has 2 N–H and O–H groups in total. The van der Waals surface area contributed by atoms with Crippen molar-refractivity contribution in [2.75, 3.05) is 0 Å².